The van der Waals surface area contributed by atoms with E-state index in [2.05, 4.69) is 228 Å². The fourth-order valence-corrected chi connectivity index (χ4v) is 10.7. The molecule has 0 bridgehead atoms. The molecule has 0 N–H and O–H groups in total. The second-order valence-corrected chi connectivity index (χ2v) is 16.0. The Morgan fingerprint density at radius 1 is 0.339 bits per heavy atom. The van der Waals surface area contributed by atoms with E-state index in [1.807, 2.05) is 0 Å². The second-order valence-electron chi connectivity index (χ2n) is 16.0. The predicted octanol–water partition coefficient (Wildman–Crippen LogP) is 14.9. The number of rotatable bonds is 4. The molecule has 1 unspecified atom stereocenters. The summed E-state index contributed by atoms with van der Waals surface area (Å²) in [6.45, 7) is 0. The number of fused-ring (bicyclic) bond motifs is 15. The van der Waals surface area contributed by atoms with Gasteiger partial charge in [-0.2, -0.15) is 0 Å². The van der Waals surface area contributed by atoms with Crippen LogP contribution in [0.25, 0.3) is 71.3 Å². The Hall–Kier alpha value is -7.68. The summed E-state index contributed by atoms with van der Waals surface area (Å²) in [6.07, 6.45) is 0. The van der Waals surface area contributed by atoms with Crippen LogP contribution in [0.4, 0.5) is 17.1 Å². The number of benzene rings is 10. The van der Waals surface area contributed by atoms with E-state index in [0.717, 1.165) is 17.1 Å². The molecule has 1 aliphatic carbocycles. The highest BCUT2D eigenvalue weighted by molar-refractivity contribution is 6.13. The second kappa shape index (κ2) is 12.2. The lowest BCUT2D eigenvalue weighted by Gasteiger charge is -2.39. The van der Waals surface area contributed by atoms with Crippen LogP contribution >= 0.6 is 0 Å². The van der Waals surface area contributed by atoms with Gasteiger partial charge in [0, 0.05) is 27.8 Å². The third-order valence-corrected chi connectivity index (χ3v) is 13.1. The lowest BCUT2D eigenvalue weighted by atomic mass is 9.65. The Labute approximate surface area is 342 Å². The van der Waals surface area contributed by atoms with Crippen molar-refractivity contribution in [3.05, 3.63) is 241 Å². The van der Waals surface area contributed by atoms with Crippen LogP contribution in [0, 0.1) is 0 Å². The van der Waals surface area contributed by atoms with Crippen LogP contribution in [-0.4, -0.2) is 4.57 Å². The highest BCUT2D eigenvalue weighted by Crippen LogP contribution is 2.61. The van der Waals surface area contributed by atoms with Crippen LogP contribution in [0.3, 0.4) is 0 Å². The molecule has 0 saturated heterocycles. The predicted molar refractivity (Wildman–Crippen MR) is 247 cm³/mol. The smallest absolute Gasteiger partial charge is 0.0754 e. The van der Waals surface area contributed by atoms with E-state index in [1.54, 1.807) is 0 Å². The minimum Gasteiger partial charge on any atom is -0.310 e. The topological polar surface area (TPSA) is 8.17 Å². The third kappa shape index (κ3) is 4.40. The Morgan fingerprint density at radius 2 is 0.966 bits per heavy atom. The zero-order valence-corrected chi connectivity index (χ0v) is 32.2. The number of hydrogen-bond donors (Lipinski definition) is 0. The van der Waals surface area contributed by atoms with Crippen molar-refractivity contribution in [1.29, 1.82) is 0 Å². The number of aromatic nitrogens is 1. The number of para-hydroxylation sites is 4. The quantitative estimate of drug-likeness (QED) is 0.163. The van der Waals surface area contributed by atoms with Gasteiger partial charge in [0.15, 0.2) is 0 Å². The molecule has 0 amide bonds. The summed E-state index contributed by atoms with van der Waals surface area (Å²) in [6, 6.07) is 81.1. The van der Waals surface area contributed by atoms with Gasteiger partial charge < -0.3 is 9.47 Å². The van der Waals surface area contributed by atoms with E-state index in [0.29, 0.717) is 0 Å². The first-order valence-corrected chi connectivity index (χ1v) is 20.5. The molecule has 1 aromatic heterocycles. The molecule has 11 aromatic rings. The minimum atomic E-state index is -0.496. The van der Waals surface area contributed by atoms with Gasteiger partial charge in [0.2, 0.25) is 0 Å². The number of nitrogens with zero attached hydrogens (tertiary/aromatic N) is 2. The SMILES string of the molecule is c1ccc(N(c2cccc(-c3ccc4c(c3)C3(c5ccccc5-4)c4ccccc4-n4c5ccccc5c5cccc3c54)c2)c2ccc3ccc4ccccc4c3c2)cc1. The molecule has 0 saturated carbocycles. The van der Waals surface area contributed by atoms with Gasteiger partial charge in [0.25, 0.3) is 0 Å². The van der Waals surface area contributed by atoms with Crippen LogP contribution in [-0.2, 0) is 5.41 Å². The lowest BCUT2D eigenvalue weighted by Crippen LogP contribution is -2.33. The molecule has 0 radical (unpaired) electrons. The molecular weight excluding hydrogens is 713 g/mol. The summed E-state index contributed by atoms with van der Waals surface area (Å²) >= 11 is 0. The summed E-state index contributed by atoms with van der Waals surface area (Å²) in [4.78, 5) is 2.40. The van der Waals surface area contributed by atoms with Gasteiger partial charge >= 0.3 is 0 Å². The van der Waals surface area contributed by atoms with Crippen molar-refractivity contribution in [2.45, 2.75) is 5.41 Å². The summed E-state index contributed by atoms with van der Waals surface area (Å²) in [5.74, 6) is 0. The van der Waals surface area contributed by atoms with Gasteiger partial charge in [-0.3, -0.25) is 0 Å². The molecule has 13 rings (SSSR count). The molecule has 2 aliphatic rings. The largest absolute Gasteiger partial charge is 0.310 e. The van der Waals surface area contributed by atoms with Crippen LogP contribution in [0.5, 0.6) is 0 Å². The highest BCUT2D eigenvalue weighted by Gasteiger charge is 2.50. The van der Waals surface area contributed by atoms with Crippen molar-refractivity contribution in [3.63, 3.8) is 0 Å². The van der Waals surface area contributed by atoms with Gasteiger partial charge in [-0.05, 0) is 121 Å². The maximum Gasteiger partial charge on any atom is 0.0754 e. The van der Waals surface area contributed by atoms with Crippen LogP contribution < -0.4 is 4.90 Å². The van der Waals surface area contributed by atoms with E-state index in [9.17, 15) is 0 Å². The molecule has 274 valence electrons. The van der Waals surface area contributed by atoms with E-state index >= 15 is 0 Å². The highest BCUT2D eigenvalue weighted by atomic mass is 15.1. The monoisotopic (exact) mass is 748 g/mol. The first-order valence-electron chi connectivity index (χ1n) is 20.5. The normalized spacial score (nSPS) is 14.8. The van der Waals surface area contributed by atoms with Crippen molar-refractivity contribution < 1.29 is 0 Å². The van der Waals surface area contributed by atoms with Crippen molar-refractivity contribution in [2.75, 3.05) is 4.90 Å². The van der Waals surface area contributed by atoms with Crippen molar-refractivity contribution >= 4 is 60.4 Å². The third-order valence-electron chi connectivity index (χ3n) is 13.1. The average molecular weight is 749 g/mol. The molecule has 2 nitrogen and oxygen atoms in total. The van der Waals surface area contributed by atoms with Crippen LogP contribution in [0.1, 0.15) is 22.3 Å². The summed E-state index contributed by atoms with van der Waals surface area (Å²) < 4.78 is 2.52. The maximum atomic E-state index is 2.52. The molecule has 1 atom stereocenters. The maximum absolute atomic E-state index is 2.52. The first-order chi connectivity index (χ1) is 29.3. The van der Waals surface area contributed by atoms with E-state index in [4.69, 9.17) is 0 Å². The van der Waals surface area contributed by atoms with Gasteiger partial charge in [0.05, 0.1) is 22.1 Å². The molecule has 2 heterocycles. The first kappa shape index (κ1) is 32.4. The van der Waals surface area contributed by atoms with E-state index < -0.39 is 5.41 Å². The minimum absolute atomic E-state index is 0.496. The number of hydrogen-bond acceptors (Lipinski definition) is 1. The molecule has 2 heteroatoms. The Morgan fingerprint density at radius 3 is 1.88 bits per heavy atom. The Balaban J connectivity index is 1.04. The summed E-state index contributed by atoms with van der Waals surface area (Å²) in [5, 5.41) is 7.59. The summed E-state index contributed by atoms with van der Waals surface area (Å²) in [5.41, 5.74) is 17.0. The van der Waals surface area contributed by atoms with Crippen LogP contribution in [0.15, 0.2) is 218 Å². The van der Waals surface area contributed by atoms with E-state index in [-0.39, 0.29) is 0 Å². The fourth-order valence-electron chi connectivity index (χ4n) is 10.7. The molecule has 1 aliphatic heterocycles. The Kier molecular flexibility index (Phi) is 6.68. The van der Waals surface area contributed by atoms with Crippen molar-refractivity contribution in [3.8, 4) is 27.9 Å². The fraction of sp³-hybridized carbons (Fsp3) is 0.0175. The van der Waals surface area contributed by atoms with Gasteiger partial charge in [-0.1, -0.05) is 164 Å². The van der Waals surface area contributed by atoms with E-state index in [1.165, 1.54) is 93.5 Å². The molecular formula is C57H36N2. The zero-order valence-electron chi connectivity index (χ0n) is 32.2. The standard InChI is InChI=1S/C57H36N2/c1-2-16-41(17-3-1)58(43-32-30-38-29-28-37-14-4-5-19-44(37)49(38)36-43)42-18-12-15-39(34-42)40-31-33-46-45-20-6-8-23-50(45)57(53(46)35-40)51-24-9-11-27-55(51)59-54-26-10-7-21-47(54)48-22-13-25-52(57)56(48)59/h1-36H. The lowest BCUT2D eigenvalue weighted by molar-refractivity contribution is 0.749. The van der Waals surface area contributed by atoms with Gasteiger partial charge in [-0.15, -0.1) is 0 Å². The number of anilines is 3. The molecule has 0 fully saturated rings. The summed E-state index contributed by atoms with van der Waals surface area (Å²) in [7, 11) is 0. The zero-order chi connectivity index (χ0) is 38.7. The molecule has 10 aromatic carbocycles. The van der Waals surface area contributed by atoms with Gasteiger partial charge in [0.1, 0.15) is 0 Å². The van der Waals surface area contributed by atoms with Crippen molar-refractivity contribution in [1.82, 2.24) is 4.57 Å². The van der Waals surface area contributed by atoms with Gasteiger partial charge in [-0.25, -0.2) is 0 Å². The van der Waals surface area contributed by atoms with Crippen LogP contribution in [0.2, 0.25) is 0 Å². The molecule has 1 spiro atoms. The molecule has 59 heavy (non-hydrogen) atoms. The Bertz CT molecular complexity index is 3520. The average Bonchev–Trinajstić information content (AvgIpc) is 3.80. The van der Waals surface area contributed by atoms with Crippen molar-refractivity contribution in [2.24, 2.45) is 0 Å².